The van der Waals surface area contributed by atoms with Crippen LogP contribution in [0.2, 0.25) is 0 Å². The van der Waals surface area contributed by atoms with E-state index in [9.17, 15) is 10.1 Å². The fraction of sp³-hybridized carbons (Fsp3) is 0.167. The van der Waals surface area contributed by atoms with Crippen molar-refractivity contribution in [2.24, 2.45) is 0 Å². The smallest absolute Gasteiger partial charge is 0.278 e. The highest BCUT2D eigenvalue weighted by Crippen LogP contribution is 2.26. The van der Waals surface area contributed by atoms with Crippen molar-refractivity contribution in [1.29, 1.82) is 0 Å². The number of hydrogen-bond donors (Lipinski definition) is 0. The third-order valence-electron chi connectivity index (χ3n) is 2.87. The van der Waals surface area contributed by atoms with Gasteiger partial charge in [-0.15, -0.1) is 0 Å². The van der Waals surface area contributed by atoms with Crippen LogP contribution in [0.25, 0.3) is 10.9 Å². The lowest BCUT2D eigenvalue weighted by Crippen LogP contribution is -2.00. The first kappa shape index (κ1) is 11.4. The SMILES string of the molecule is Cc1nc(Cn2ccc3c([N+](=O)[O-])cccc32)no1. The van der Waals surface area contributed by atoms with Gasteiger partial charge in [0, 0.05) is 19.2 Å². The highest BCUT2D eigenvalue weighted by molar-refractivity contribution is 5.89. The van der Waals surface area contributed by atoms with E-state index in [0.29, 0.717) is 23.6 Å². The van der Waals surface area contributed by atoms with Gasteiger partial charge in [0.05, 0.1) is 22.4 Å². The zero-order valence-corrected chi connectivity index (χ0v) is 10.1. The number of benzene rings is 1. The molecular formula is C12H10N4O3. The molecule has 0 saturated heterocycles. The van der Waals surface area contributed by atoms with E-state index in [-0.39, 0.29) is 10.6 Å². The number of rotatable bonds is 3. The molecule has 3 rings (SSSR count). The highest BCUT2D eigenvalue weighted by Gasteiger charge is 2.14. The van der Waals surface area contributed by atoms with Crippen LogP contribution in [0.3, 0.4) is 0 Å². The zero-order chi connectivity index (χ0) is 13.4. The molecule has 0 saturated carbocycles. The minimum atomic E-state index is -0.384. The summed E-state index contributed by atoms with van der Waals surface area (Å²) in [6.07, 6.45) is 1.78. The monoisotopic (exact) mass is 258 g/mol. The average Bonchev–Trinajstić information content (AvgIpc) is 2.97. The predicted molar refractivity (Wildman–Crippen MR) is 66.7 cm³/mol. The molecule has 1 aromatic carbocycles. The number of fused-ring (bicyclic) bond motifs is 1. The van der Waals surface area contributed by atoms with Gasteiger partial charge in [-0.25, -0.2) is 0 Å². The molecule has 0 aliphatic carbocycles. The molecule has 19 heavy (non-hydrogen) atoms. The Bertz CT molecular complexity index is 759. The molecule has 0 unspecified atom stereocenters. The van der Waals surface area contributed by atoms with Gasteiger partial charge in [-0.1, -0.05) is 11.2 Å². The number of aromatic nitrogens is 3. The van der Waals surface area contributed by atoms with Crippen LogP contribution in [-0.2, 0) is 6.54 Å². The average molecular weight is 258 g/mol. The second kappa shape index (κ2) is 4.20. The van der Waals surface area contributed by atoms with E-state index < -0.39 is 0 Å². The molecule has 7 nitrogen and oxygen atoms in total. The predicted octanol–water partition coefficient (Wildman–Crippen LogP) is 2.29. The molecule has 0 N–H and O–H groups in total. The van der Waals surface area contributed by atoms with Crippen molar-refractivity contribution >= 4 is 16.6 Å². The number of aryl methyl sites for hydroxylation is 1. The van der Waals surface area contributed by atoms with Crippen LogP contribution in [0, 0.1) is 17.0 Å². The number of non-ortho nitro benzene ring substituents is 1. The first-order valence-electron chi connectivity index (χ1n) is 5.66. The molecule has 0 spiro atoms. The molecule has 2 heterocycles. The van der Waals surface area contributed by atoms with Crippen LogP contribution in [0.15, 0.2) is 35.0 Å². The molecule has 0 amide bonds. The fourth-order valence-corrected chi connectivity index (χ4v) is 2.06. The Hall–Kier alpha value is -2.70. The van der Waals surface area contributed by atoms with Crippen molar-refractivity contribution < 1.29 is 9.45 Å². The largest absolute Gasteiger partial charge is 0.340 e. The molecule has 0 fully saturated rings. The summed E-state index contributed by atoms with van der Waals surface area (Å²) >= 11 is 0. The number of nitro benzene ring substituents is 1. The standard InChI is InChI=1S/C12H10N4O3/c1-8-13-12(14-19-8)7-15-6-5-9-10(15)3-2-4-11(9)16(17)18/h2-6H,7H2,1H3. The van der Waals surface area contributed by atoms with Gasteiger partial charge in [0.1, 0.15) is 0 Å². The maximum Gasteiger partial charge on any atom is 0.278 e. The summed E-state index contributed by atoms with van der Waals surface area (Å²) in [6.45, 7) is 2.14. The van der Waals surface area contributed by atoms with Gasteiger partial charge in [-0.3, -0.25) is 10.1 Å². The Morgan fingerprint density at radius 1 is 1.42 bits per heavy atom. The lowest BCUT2D eigenvalue weighted by Gasteiger charge is -2.01. The molecule has 0 bridgehead atoms. The first-order valence-corrected chi connectivity index (χ1v) is 5.66. The minimum Gasteiger partial charge on any atom is -0.340 e. The van der Waals surface area contributed by atoms with Gasteiger partial charge in [0.15, 0.2) is 5.82 Å². The number of hydrogen-bond acceptors (Lipinski definition) is 5. The van der Waals surface area contributed by atoms with E-state index >= 15 is 0 Å². The molecule has 0 atom stereocenters. The molecule has 0 aliphatic heterocycles. The molecule has 96 valence electrons. The Labute approximate surface area is 107 Å². The normalized spacial score (nSPS) is 11.0. The van der Waals surface area contributed by atoms with Crippen molar-refractivity contribution in [3.05, 3.63) is 52.3 Å². The maximum atomic E-state index is 10.9. The Balaban J connectivity index is 2.06. The van der Waals surface area contributed by atoms with Crippen LogP contribution >= 0.6 is 0 Å². The van der Waals surface area contributed by atoms with E-state index in [1.807, 2.05) is 10.6 Å². The van der Waals surface area contributed by atoms with Crippen molar-refractivity contribution in [2.45, 2.75) is 13.5 Å². The number of nitrogens with zero attached hydrogens (tertiary/aromatic N) is 4. The van der Waals surface area contributed by atoms with Crippen LogP contribution in [-0.4, -0.2) is 19.6 Å². The summed E-state index contributed by atoms with van der Waals surface area (Å²) in [5, 5.41) is 15.4. The fourth-order valence-electron chi connectivity index (χ4n) is 2.06. The lowest BCUT2D eigenvalue weighted by molar-refractivity contribution is -0.383. The Morgan fingerprint density at radius 3 is 2.95 bits per heavy atom. The minimum absolute atomic E-state index is 0.0977. The third kappa shape index (κ3) is 1.95. The Kier molecular flexibility index (Phi) is 2.52. The third-order valence-corrected chi connectivity index (χ3v) is 2.87. The molecular weight excluding hydrogens is 248 g/mol. The summed E-state index contributed by atoms with van der Waals surface area (Å²) in [5.41, 5.74) is 0.872. The summed E-state index contributed by atoms with van der Waals surface area (Å²) in [6, 6.07) is 6.71. The molecule has 3 aromatic rings. The van der Waals surface area contributed by atoms with Gasteiger partial charge in [0.25, 0.3) is 5.69 Å². The van der Waals surface area contributed by atoms with E-state index in [4.69, 9.17) is 4.52 Å². The van der Waals surface area contributed by atoms with Crippen LogP contribution in [0.1, 0.15) is 11.7 Å². The molecule has 0 aliphatic rings. The summed E-state index contributed by atoms with van der Waals surface area (Å²) in [5.74, 6) is 1.04. The van der Waals surface area contributed by atoms with Gasteiger partial charge < -0.3 is 9.09 Å². The van der Waals surface area contributed by atoms with E-state index in [1.165, 1.54) is 6.07 Å². The van der Waals surface area contributed by atoms with Crippen LogP contribution < -0.4 is 0 Å². The van der Waals surface area contributed by atoms with E-state index in [2.05, 4.69) is 10.1 Å². The van der Waals surface area contributed by atoms with Crippen molar-refractivity contribution in [3.63, 3.8) is 0 Å². The first-order chi connectivity index (χ1) is 9.15. The summed E-state index contributed by atoms with van der Waals surface area (Å²) in [4.78, 5) is 14.7. The van der Waals surface area contributed by atoms with Crippen molar-refractivity contribution in [3.8, 4) is 0 Å². The quantitative estimate of drug-likeness (QED) is 0.531. The maximum absolute atomic E-state index is 10.9. The highest BCUT2D eigenvalue weighted by atomic mass is 16.6. The van der Waals surface area contributed by atoms with Gasteiger partial charge >= 0.3 is 0 Å². The zero-order valence-electron chi connectivity index (χ0n) is 10.1. The second-order valence-electron chi connectivity index (χ2n) is 4.14. The van der Waals surface area contributed by atoms with E-state index in [1.54, 1.807) is 25.3 Å². The van der Waals surface area contributed by atoms with Crippen LogP contribution in [0.4, 0.5) is 5.69 Å². The topological polar surface area (TPSA) is 87.0 Å². The molecule has 7 heteroatoms. The van der Waals surface area contributed by atoms with Crippen molar-refractivity contribution in [2.75, 3.05) is 0 Å². The van der Waals surface area contributed by atoms with Gasteiger partial charge in [0.2, 0.25) is 5.89 Å². The van der Waals surface area contributed by atoms with Gasteiger partial charge in [-0.05, 0) is 12.1 Å². The number of nitro groups is 1. The molecule has 0 radical (unpaired) electrons. The van der Waals surface area contributed by atoms with Gasteiger partial charge in [-0.2, -0.15) is 4.98 Å². The van der Waals surface area contributed by atoms with Crippen molar-refractivity contribution in [1.82, 2.24) is 14.7 Å². The second-order valence-corrected chi connectivity index (χ2v) is 4.14. The lowest BCUT2D eigenvalue weighted by atomic mass is 10.2. The summed E-state index contributed by atoms with van der Waals surface area (Å²) in [7, 11) is 0. The van der Waals surface area contributed by atoms with Crippen LogP contribution in [0.5, 0.6) is 0 Å². The summed E-state index contributed by atoms with van der Waals surface area (Å²) < 4.78 is 6.76. The molecule has 2 aromatic heterocycles. The van der Waals surface area contributed by atoms with E-state index in [0.717, 1.165) is 5.52 Å². The Morgan fingerprint density at radius 2 is 2.26 bits per heavy atom.